The molecule has 0 aliphatic heterocycles. The molecule has 0 aliphatic carbocycles. The summed E-state index contributed by atoms with van der Waals surface area (Å²) in [7, 11) is 0. The summed E-state index contributed by atoms with van der Waals surface area (Å²) in [6.45, 7) is 1.59. The quantitative estimate of drug-likeness (QED) is 0.528. The lowest BCUT2D eigenvalue weighted by Gasteiger charge is -2.03. The van der Waals surface area contributed by atoms with Gasteiger partial charge < -0.3 is 9.73 Å². The zero-order chi connectivity index (χ0) is 19.6. The van der Waals surface area contributed by atoms with E-state index in [2.05, 4.69) is 5.32 Å². The van der Waals surface area contributed by atoms with Gasteiger partial charge in [-0.1, -0.05) is 18.2 Å². The molecule has 27 heavy (non-hydrogen) atoms. The molecule has 1 aromatic heterocycles. The molecule has 9 heteroatoms. The summed E-state index contributed by atoms with van der Waals surface area (Å²) in [5.74, 6) is 0.119. The van der Waals surface area contributed by atoms with Crippen molar-refractivity contribution in [1.29, 1.82) is 0 Å². The van der Waals surface area contributed by atoms with Crippen molar-refractivity contribution < 1.29 is 19.1 Å². The Kier molecular flexibility index (Phi) is 4.67. The van der Waals surface area contributed by atoms with Crippen LogP contribution < -0.4 is 5.32 Å². The van der Waals surface area contributed by atoms with Crippen LogP contribution in [0.1, 0.15) is 16.1 Å². The van der Waals surface area contributed by atoms with E-state index in [0.29, 0.717) is 17.1 Å². The van der Waals surface area contributed by atoms with Crippen molar-refractivity contribution in [3.63, 3.8) is 0 Å². The van der Waals surface area contributed by atoms with Crippen LogP contribution in [0.3, 0.4) is 0 Å². The zero-order valence-corrected chi connectivity index (χ0v) is 14.0. The van der Waals surface area contributed by atoms with E-state index in [1.54, 1.807) is 13.0 Å². The van der Waals surface area contributed by atoms with Gasteiger partial charge in [-0.2, -0.15) is 0 Å². The van der Waals surface area contributed by atoms with Gasteiger partial charge in [0.1, 0.15) is 11.5 Å². The van der Waals surface area contributed by atoms with E-state index in [-0.39, 0.29) is 22.6 Å². The minimum absolute atomic E-state index is 0.0934. The summed E-state index contributed by atoms with van der Waals surface area (Å²) < 4.78 is 5.56. The molecule has 0 atom stereocenters. The second kappa shape index (κ2) is 7.08. The van der Waals surface area contributed by atoms with E-state index in [1.807, 2.05) is 0 Å². The zero-order valence-electron chi connectivity index (χ0n) is 14.0. The van der Waals surface area contributed by atoms with Gasteiger partial charge in [0.2, 0.25) is 0 Å². The summed E-state index contributed by atoms with van der Waals surface area (Å²) in [6, 6.07) is 12.9. The molecule has 0 radical (unpaired) electrons. The van der Waals surface area contributed by atoms with Crippen LogP contribution in [-0.4, -0.2) is 15.8 Å². The molecule has 0 saturated heterocycles. The summed E-state index contributed by atoms with van der Waals surface area (Å²) in [5.41, 5.74) is 0.717. The minimum atomic E-state index is -0.556. The number of furan rings is 1. The van der Waals surface area contributed by atoms with Gasteiger partial charge in [-0.05, 0) is 19.1 Å². The Hall–Kier alpha value is -4.01. The van der Waals surface area contributed by atoms with Crippen molar-refractivity contribution in [2.24, 2.45) is 0 Å². The highest BCUT2D eigenvalue weighted by molar-refractivity contribution is 6.05. The number of anilines is 1. The number of nitro groups is 2. The van der Waals surface area contributed by atoms with Gasteiger partial charge in [0, 0.05) is 35.5 Å². The molecular weight excluding hydrogens is 354 g/mol. The Bertz CT molecular complexity index is 1060. The molecule has 2 aromatic carbocycles. The van der Waals surface area contributed by atoms with E-state index in [0.717, 1.165) is 0 Å². The maximum absolute atomic E-state index is 12.5. The Morgan fingerprint density at radius 3 is 2.26 bits per heavy atom. The Morgan fingerprint density at radius 2 is 1.59 bits per heavy atom. The normalized spacial score (nSPS) is 10.4. The van der Waals surface area contributed by atoms with Gasteiger partial charge >= 0.3 is 0 Å². The number of hydrogen-bond donors (Lipinski definition) is 1. The summed E-state index contributed by atoms with van der Waals surface area (Å²) >= 11 is 0. The summed E-state index contributed by atoms with van der Waals surface area (Å²) in [6.07, 6.45) is 0. The third-order valence-electron chi connectivity index (χ3n) is 3.82. The molecule has 1 heterocycles. The van der Waals surface area contributed by atoms with E-state index < -0.39 is 15.8 Å². The van der Waals surface area contributed by atoms with Crippen LogP contribution in [0.4, 0.5) is 17.1 Å². The Balaban J connectivity index is 1.87. The third kappa shape index (κ3) is 3.82. The van der Waals surface area contributed by atoms with Crippen molar-refractivity contribution in [1.82, 2.24) is 0 Å². The van der Waals surface area contributed by atoms with Crippen LogP contribution in [0, 0.1) is 27.2 Å². The standard InChI is InChI=1S/C18H13N3O6/c1-11-16(18(22)19-13-5-3-7-15(9-13)21(25)26)10-17(27-11)12-4-2-6-14(8-12)20(23)24/h2-10H,1H3,(H,19,22). The average molecular weight is 367 g/mol. The second-order valence-corrected chi connectivity index (χ2v) is 5.65. The predicted octanol–water partition coefficient (Wildman–Crippen LogP) is 4.32. The molecule has 136 valence electrons. The second-order valence-electron chi connectivity index (χ2n) is 5.65. The van der Waals surface area contributed by atoms with Crippen molar-refractivity contribution in [2.45, 2.75) is 6.92 Å². The fraction of sp³-hybridized carbons (Fsp3) is 0.0556. The van der Waals surface area contributed by atoms with E-state index in [9.17, 15) is 25.0 Å². The van der Waals surface area contributed by atoms with Crippen LogP contribution in [0.2, 0.25) is 0 Å². The molecule has 3 rings (SSSR count). The molecule has 3 aromatic rings. The summed E-state index contributed by atoms with van der Waals surface area (Å²) in [5, 5.41) is 24.3. The maximum atomic E-state index is 12.5. The van der Waals surface area contributed by atoms with Crippen molar-refractivity contribution in [3.05, 3.63) is 86.1 Å². The largest absolute Gasteiger partial charge is 0.461 e. The number of carbonyl (C=O) groups is 1. The van der Waals surface area contributed by atoms with Gasteiger partial charge in [-0.15, -0.1) is 0 Å². The number of nitrogens with zero attached hydrogens (tertiary/aromatic N) is 2. The molecule has 0 saturated carbocycles. The van der Waals surface area contributed by atoms with E-state index in [1.165, 1.54) is 48.5 Å². The predicted molar refractivity (Wildman–Crippen MR) is 96.6 cm³/mol. The topological polar surface area (TPSA) is 129 Å². The molecule has 1 amide bonds. The fourth-order valence-electron chi connectivity index (χ4n) is 2.52. The van der Waals surface area contributed by atoms with Crippen LogP contribution in [0.15, 0.2) is 59.0 Å². The first-order valence-electron chi connectivity index (χ1n) is 7.76. The van der Waals surface area contributed by atoms with Crippen molar-refractivity contribution >= 4 is 23.0 Å². The number of nitro benzene ring substituents is 2. The van der Waals surface area contributed by atoms with Crippen LogP contribution >= 0.6 is 0 Å². The monoisotopic (exact) mass is 367 g/mol. The van der Waals surface area contributed by atoms with Gasteiger partial charge in [-0.3, -0.25) is 25.0 Å². The minimum Gasteiger partial charge on any atom is -0.461 e. The van der Waals surface area contributed by atoms with Crippen molar-refractivity contribution in [3.8, 4) is 11.3 Å². The maximum Gasteiger partial charge on any atom is 0.271 e. The van der Waals surface area contributed by atoms with Gasteiger partial charge in [0.25, 0.3) is 17.3 Å². The van der Waals surface area contributed by atoms with Crippen LogP contribution in [-0.2, 0) is 0 Å². The molecule has 1 N–H and O–H groups in total. The highest BCUT2D eigenvalue weighted by atomic mass is 16.6. The number of nitrogens with one attached hydrogen (secondary N) is 1. The fourth-order valence-corrected chi connectivity index (χ4v) is 2.52. The first-order chi connectivity index (χ1) is 12.8. The Morgan fingerprint density at radius 1 is 0.963 bits per heavy atom. The number of benzene rings is 2. The van der Waals surface area contributed by atoms with Gasteiger partial charge in [0.15, 0.2) is 0 Å². The number of non-ortho nitro benzene ring substituents is 2. The van der Waals surface area contributed by atoms with Gasteiger partial charge in [0.05, 0.1) is 15.4 Å². The average Bonchev–Trinajstić information content (AvgIpc) is 3.04. The molecular formula is C18H13N3O6. The SMILES string of the molecule is Cc1oc(-c2cccc([N+](=O)[O-])c2)cc1C(=O)Nc1cccc([N+](=O)[O-])c1. The number of rotatable bonds is 5. The molecule has 9 nitrogen and oxygen atoms in total. The lowest BCUT2D eigenvalue weighted by atomic mass is 10.1. The van der Waals surface area contributed by atoms with Crippen LogP contribution in [0.25, 0.3) is 11.3 Å². The smallest absolute Gasteiger partial charge is 0.271 e. The molecule has 0 spiro atoms. The highest BCUT2D eigenvalue weighted by Gasteiger charge is 2.18. The number of hydrogen-bond acceptors (Lipinski definition) is 6. The summed E-state index contributed by atoms with van der Waals surface area (Å²) in [4.78, 5) is 33.1. The lowest BCUT2D eigenvalue weighted by molar-refractivity contribution is -0.385. The molecule has 0 bridgehead atoms. The number of aryl methyl sites for hydroxylation is 1. The molecule has 0 aliphatic rings. The number of carbonyl (C=O) groups excluding carboxylic acids is 1. The Labute approximate surface area is 152 Å². The first kappa shape index (κ1) is 17.8. The highest BCUT2D eigenvalue weighted by Crippen LogP contribution is 2.28. The van der Waals surface area contributed by atoms with E-state index >= 15 is 0 Å². The molecule has 0 fully saturated rings. The lowest BCUT2D eigenvalue weighted by Crippen LogP contribution is -2.12. The van der Waals surface area contributed by atoms with E-state index in [4.69, 9.17) is 4.42 Å². The van der Waals surface area contributed by atoms with Crippen molar-refractivity contribution in [2.75, 3.05) is 5.32 Å². The van der Waals surface area contributed by atoms with Gasteiger partial charge in [-0.25, -0.2) is 0 Å². The third-order valence-corrected chi connectivity index (χ3v) is 3.82. The number of amides is 1. The van der Waals surface area contributed by atoms with Crippen LogP contribution in [0.5, 0.6) is 0 Å². The molecule has 0 unspecified atom stereocenters. The first-order valence-corrected chi connectivity index (χ1v) is 7.76.